The molecule has 0 saturated heterocycles. The van der Waals surface area contributed by atoms with E-state index in [0.717, 1.165) is 12.6 Å². The standard InChI is InChI=1S/C37H31Cl2NO5P.BrH/c38-37(39)36(42)28-21-19-27(20-22-28)29-23-24-34(33(26-29)40(43)44)45-35(41)18-10-11-25-46(30-12-4-1-5-13-30,31-14-6-2-7-15-31)32-16-8-3-9-17-32;/h1-9,12-17,19-24,26,37H,10-11,18,25H2;1H/q+1;/p-1. The summed E-state index contributed by atoms with van der Waals surface area (Å²) in [6.07, 6.45) is 2.30. The number of alkyl halides is 2. The van der Waals surface area contributed by atoms with Gasteiger partial charge in [0.2, 0.25) is 5.75 Å². The topological polar surface area (TPSA) is 86.5 Å². The Morgan fingerprint density at radius 1 is 0.702 bits per heavy atom. The van der Waals surface area contributed by atoms with Crippen molar-refractivity contribution >= 4 is 63.8 Å². The molecular weight excluding hydrogens is 720 g/mol. The molecule has 0 aliphatic heterocycles. The van der Waals surface area contributed by atoms with E-state index in [0.29, 0.717) is 23.1 Å². The summed E-state index contributed by atoms with van der Waals surface area (Å²) in [6.45, 7) is 0. The highest BCUT2D eigenvalue weighted by Gasteiger charge is 2.44. The number of ether oxygens (including phenoxy) is 1. The molecule has 0 radical (unpaired) electrons. The van der Waals surface area contributed by atoms with Crippen LogP contribution in [0.4, 0.5) is 5.69 Å². The molecule has 47 heavy (non-hydrogen) atoms. The maximum absolute atomic E-state index is 12.9. The Labute approximate surface area is 295 Å². The van der Waals surface area contributed by atoms with E-state index >= 15 is 0 Å². The maximum Gasteiger partial charge on any atom is 0.312 e. The van der Waals surface area contributed by atoms with Gasteiger partial charge in [-0.1, -0.05) is 108 Å². The molecule has 0 atom stereocenters. The van der Waals surface area contributed by atoms with E-state index in [4.69, 9.17) is 27.9 Å². The quantitative estimate of drug-likeness (QED) is 0.0238. The van der Waals surface area contributed by atoms with Gasteiger partial charge in [0, 0.05) is 18.1 Å². The van der Waals surface area contributed by atoms with Crippen LogP contribution in [0.2, 0.25) is 0 Å². The Bertz CT molecular complexity index is 1710. The fourth-order valence-electron chi connectivity index (χ4n) is 5.55. The summed E-state index contributed by atoms with van der Waals surface area (Å²) in [6, 6.07) is 42.4. The van der Waals surface area contributed by atoms with Gasteiger partial charge in [0.25, 0.3) is 0 Å². The molecule has 6 nitrogen and oxygen atoms in total. The van der Waals surface area contributed by atoms with Crippen LogP contribution in [0.5, 0.6) is 5.75 Å². The van der Waals surface area contributed by atoms with E-state index in [9.17, 15) is 19.7 Å². The predicted molar refractivity (Wildman–Crippen MR) is 188 cm³/mol. The molecule has 0 bridgehead atoms. The summed E-state index contributed by atoms with van der Waals surface area (Å²) in [5.74, 6) is -1.08. The van der Waals surface area contributed by atoms with Crippen molar-refractivity contribution in [3.05, 3.63) is 149 Å². The van der Waals surface area contributed by atoms with E-state index in [-0.39, 0.29) is 34.8 Å². The molecule has 5 aromatic rings. The number of halogens is 3. The molecule has 0 unspecified atom stereocenters. The van der Waals surface area contributed by atoms with Crippen molar-refractivity contribution in [1.82, 2.24) is 0 Å². The van der Waals surface area contributed by atoms with Gasteiger partial charge in [-0.05, 0) is 66.4 Å². The smallest absolute Gasteiger partial charge is 0.312 e. The maximum atomic E-state index is 12.9. The summed E-state index contributed by atoms with van der Waals surface area (Å²) < 4.78 is 5.52. The summed E-state index contributed by atoms with van der Waals surface area (Å²) >= 11 is 11.3. The number of unbranched alkanes of at least 4 members (excludes halogenated alkanes) is 1. The Hall–Kier alpha value is -3.87. The largest absolute Gasteiger partial charge is 1.00 e. The van der Waals surface area contributed by atoms with Crippen molar-refractivity contribution in [2.75, 3.05) is 6.16 Å². The van der Waals surface area contributed by atoms with E-state index in [1.807, 2.05) is 18.2 Å². The molecule has 0 amide bonds. The second-order valence-corrected chi connectivity index (χ2v) is 15.4. The number of nitrogens with zero attached hydrogens (tertiary/aromatic N) is 1. The van der Waals surface area contributed by atoms with Crippen LogP contribution < -0.4 is 37.6 Å². The fraction of sp³-hybridized carbons (Fsp3) is 0.135. The van der Waals surface area contributed by atoms with Gasteiger partial charge in [-0.25, -0.2) is 0 Å². The highest BCUT2D eigenvalue weighted by Crippen LogP contribution is 2.56. The third-order valence-electron chi connectivity index (χ3n) is 7.80. The second-order valence-electron chi connectivity index (χ2n) is 10.7. The lowest BCUT2D eigenvalue weighted by molar-refractivity contribution is -0.385. The molecule has 0 spiro atoms. The first-order chi connectivity index (χ1) is 22.3. The third-order valence-corrected chi connectivity index (χ3v) is 12.7. The minimum Gasteiger partial charge on any atom is -1.00 e. The van der Waals surface area contributed by atoms with Crippen LogP contribution in [0.1, 0.15) is 29.6 Å². The number of esters is 1. The van der Waals surface area contributed by atoms with Crippen LogP contribution in [-0.2, 0) is 4.79 Å². The number of Topliss-reactive ketones (excluding diaryl/α,β-unsaturated/α-hetero) is 1. The van der Waals surface area contributed by atoms with Crippen LogP contribution in [0, 0.1) is 10.1 Å². The van der Waals surface area contributed by atoms with Gasteiger partial charge in [-0.3, -0.25) is 19.7 Å². The van der Waals surface area contributed by atoms with Crippen LogP contribution in [-0.4, -0.2) is 27.7 Å². The summed E-state index contributed by atoms with van der Waals surface area (Å²) in [4.78, 5) is 35.1. The first-order valence-corrected chi connectivity index (χ1v) is 17.6. The number of carbonyl (C=O) groups excluding carboxylic acids is 2. The molecule has 0 aliphatic rings. The zero-order valence-corrected chi connectivity index (χ0v) is 29.2. The van der Waals surface area contributed by atoms with Gasteiger partial charge in [-0.15, -0.1) is 0 Å². The van der Waals surface area contributed by atoms with E-state index in [1.165, 1.54) is 28.0 Å². The number of nitro groups is 1. The van der Waals surface area contributed by atoms with Crippen molar-refractivity contribution < 1.29 is 36.2 Å². The lowest BCUT2D eigenvalue weighted by Gasteiger charge is -2.27. The average molecular weight is 751 g/mol. The molecule has 0 N–H and O–H groups in total. The number of hydrogen-bond acceptors (Lipinski definition) is 5. The first kappa shape index (κ1) is 36.0. The van der Waals surface area contributed by atoms with Crippen molar-refractivity contribution in [2.45, 2.75) is 24.1 Å². The second kappa shape index (κ2) is 16.8. The molecule has 240 valence electrons. The van der Waals surface area contributed by atoms with Gasteiger partial charge in [-0.2, -0.15) is 0 Å². The average Bonchev–Trinajstić information content (AvgIpc) is 3.09. The molecule has 0 aromatic heterocycles. The van der Waals surface area contributed by atoms with Crippen molar-refractivity contribution in [1.29, 1.82) is 0 Å². The number of rotatable bonds is 13. The van der Waals surface area contributed by atoms with Gasteiger partial charge in [0.15, 0.2) is 10.6 Å². The zero-order chi connectivity index (χ0) is 32.5. The zero-order valence-electron chi connectivity index (χ0n) is 25.2. The fourth-order valence-corrected chi connectivity index (χ4v) is 10.2. The summed E-state index contributed by atoms with van der Waals surface area (Å²) in [7, 11) is -2.02. The predicted octanol–water partition coefficient (Wildman–Crippen LogP) is 5.32. The highest BCUT2D eigenvalue weighted by atomic mass is 79.9. The van der Waals surface area contributed by atoms with Crippen molar-refractivity contribution in [3.63, 3.8) is 0 Å². The van der Waals surface area contributed by atoms with Crippen LogP contribution >= 0.6 is 30.5 Å². The number of benzene rings is 5. The minimum absolute atomic E-state index is 0. The Morgan fingerprint density at radius 3 is 1.66 bits per heavy atom. The van der Waals surface area contributed by atoms with Gasteiger partial charge in [0.05, 0.1) is 11.1 Å². The molecular formula is C37H31BrCl2NO5P. The van der Waals surface area contributed by atoms with E-state index in [2.05, 4.69) is 72.8 Å². The molecule has 10 heteroatoms. The monoisotopic (exact) mass is 749 g/mol. The van der Waals surface area contributed by atoms with Crippen molar-refractivity contribution in [3.8, 4) is 16.9 Å². The van der Waals surface area contributed by atoms with Gasteiger partial charge in [0.1, 0.15) is 23.2 Å². The van der Waals surface area contributed by atoms with Crippen LogP contribution in [0.15, 0.2) is 133 Å². The SMILES string of the molecule is O=C(CCCC[P+](c1ccccc1)(c1ccccc1)c1ccccc1)Oc1ccc(-c2ccc(C(=O)C(Cl)Cl)cc2)cc1[N+](=O)[O-].[Br-]. The molecule has 5 rings (SSSR count). The molecule has 5 aromatic carbocycles. The summed E-state index contributed by atoms with van der Waals surface area (Å²) in [5.41, 5.74) is 1.17. The molecule has 0 saturated carbocycles. The number of ketones is 1. The molecule has 0 heterocycles. The van der Waals surface area contributed by atoms with Gasteiger partial charge < -0.3 is 21.7 Å². The minimum atomic E-state index is -2.02. The number of hydrogen-bond donors (Lipinski definition) is 0. The van der Waals surface area contributed by atoms with Gasteiger partial charge >= 0.3 is 11.7 Å². The lowest BCUT2D eigenvalue weighted by atomic mass is 10.0. The Morgan fingerprint density at radius 2 is 1.19 bits per heavy atom. The normalized spacial score (nSPS) is 11.0. The molecule has 0 fully saturated rings. The van der Waals surface area contributed by atoms with E-state index in [1.54, 1.807) is 30.3 Å². The Kier molecular flexibility index (Phi) is 12.9. The third kappa shape index (κ3) is 8.54. The Balaban J connectivity index is 0.00000500. The van der Waals surface area contributed by atoms with Crippen LogP contribution in [0.25, 0.3) is 11.1 Å². The highest BCUT2D eigenvalue weighted by molar-refractivity contribution is 7.95. The number of nitro benzene ring substituents is 1. The summed E-state index contributed by atoms with van der Waals surface area (Å²) in [5, 5.41) is 15.7. The van der Waals surface area contributed by atoms with Crippen molar-refractivity contribution in [2.24, 2.45) is 0 Å². The first-order valence-electron chi connectivity index (χ1n) is 14.8. The number of carbonyl (C=O) groups is 2. The molecule has 0 aliphatic carbocycles. The lowest BCUT2D eigenvalue weighted by Crippen LogP contribution is -3.00. The van der Waals surface area contributed by atoms with E-state index < -0.39 is 28.8 Å². The van der Waals surface area contributed by atoms with Crippen LogP contribution in [0.3, 0.4) is 0 Å².